The van der Waals surface area contributed by atoms with Crippen molar-refractivity contribution in [3.63, 3.8) is 0 Å². The number of aryl methyl sites for hydroxylation is 1. The zero-order valence-corrected chi connectivity index (χ0v) is 12.7. The number of aromatic nitrogens is 1. The predicted molar refractivity (Wildman–Crippen MR) is 82.5 cm³/mol. The number of pyridine rings is 1. The van der Waals surface area contributed by atoms with Gasteiger partial charge in [-0.2, -0.15) is 0 Å². The van der Waals surface area contributed by atoms with Gasteiger partial charge in [0, 0.05) is 23.8 Å². The minimum atomic E-state index is -0.722. The van der Waals surface area contributed by atoms with Crippen LogP contribution < -0.4 is 0 Å². The number of nitrogens with zero attached hydrogens (tertiary/aromatic N) is 2. The van der Waals surface area contributed by atoms with Crippen LogP contribution in [-0.2, 0) is 4.79 Å². The van der Waals surface area contributed by atoms with E-state index in [-0.39, 0.29) is 6.04 Å². The Hall–Kier alpha value is -1.72. The maximum Gasteiger partial charge on any atom is 0.320 e. The molecular formula is C16H18N2O2S. The molecule has 21 heavy (non-hydrogen) atoms. The lowest BCUT2D eigenvalue weighted by atomic mass is 10.0. The number of hydrogen-bond donors (Lipinski definition) is 1. The third kappa shape index (κ3) is 2.84. The lowest BCUT2D eigenvalue weighted by Gasteiger charge is -2.30. The summed E-state index contributed by atoms with van der Waals surface area (Å²) in [4.78, 5) is 18.9. The summed E-state index contributed by atoms with van der Waals surface area (Å²) in [5, 5.41) is 11.6. The van der Waals surface area contributed by atoms with Crippen molar-refractivity contribution in [3.05, 3.63) is 52.0 Å². The zero-order chi connectivity index (χ0) is 14.8. The van der Waals surface area contributed by atoms with Crippen LogP contribution in [0.15, 0.2) is 36.0 Å². The molecular weight excluding hydrogens is 284 g/mol. The zero-order valence-electron chi connectivity index (χ0n) is 11.9. The number of carboxylic acids is 1. The Labute approximate surface area is 128 Å². The Balaban J connectivity index is 2.02. The van der Waals surface area contributed by atoms with Crippen LogP contribution in [0.4, 0.5) is 0 Å². The molecule has 1 saturated heterocycles. The predicted octanol–water partition coefficient (Wildman–Crippen LogP) is 3.09. The monoisotopic (exact) mass is 302 g/mol. The molecule has 2 aromatic rings. The van der Waals surface area contributed by atoms with Gasteiger partial charge in [-0.15, -0.1) is 11.3 Å². The molecule has 2 atom stereocenters. The maximum absolute atomic E-state index is 11.5. The van der Waals surface area contributed by atoms with Crippen molar-refractivity contribution in [1.29, 1.82) is 0 Å². The van der Waals surface area contributed by atoms with E-state index >= 15 is 0 Å². The third-order valence-corrected chi connectivity index (χ3v) is 5.06. The smallest absolute Gasteiger partial charge is 0.320 e. The molecule has 2 aromatic heterocycles. The van der Waals surface area contributed by atoms with Gasteiger partial charge < -0.3 is 5.11 Å². The van der Waals surface area contributed by atoms with E-state index in [2.05, 4.69) is 28.3 Å². The Morgan fingerprint density at radius 2 is 2.24 bits per heavy atom. The van der Waals surface area contributed by atoms with E-state index in [1.807, 2.05) is 12.1 Å². The van der Waals surface area contributed by atoms with Crippen molar-refractivity contribution in [3.8, 4) is 0 Å². The van der Waals surface area contributed by atoms with Gasteiger partial charge in [0.05, 0.1) is 6.04 Å². The van der Waals surface area contributed by atoms with Crippen molar-refractivity contribution in [2.24, 2.45) is 0 Å². The number of aliphatic carboxylic acids is 1. The third-order valence-electron chi connectivity index (χ3n) is 3.95. The van der Waals surface area contributed by atoms with Crippen LogP contribution in [-0.4, -0.2) is 33.5 Å². The van der Waals surface area contributed by atoms with E-state index in [9.17, 15) is 9.90 Å². The molecule has 2 unspecified atom stereocenters. The van der Waals surface area contributed by atoms with Gasteiger partial charge in [-0.05, 0) is 54.5 Å². The molecule has 0 spiro atoms. The van der Waals surface area contributed by atoms with E-state index in [0.717, 1.165) is 24.9 Å². The summed E-state index contributed by atoms with van der Waals surface area (Å²) in [6.45, 7) is 2.89. The molecule has 110 valence electrons. The van der Waals surface area contributed by atoms with Crippen molar-refractivity contribution >= 4 is 17.3 Å². The van der Waals surface area contributed by atoms with E-state index in [1.54, 1.807) is 23.7 Å². The van der Waals surface area contributed by atoms with Crippen LogP contribution in [0.5, 0.6) is 0 Å². The Bertz CT molecular complexity index is 626. The van der Waals surface area contributed by atoms with Crippen molar-refractivity contribution in [1.82, 2.24) is 9.88 Å². The minimum Gasteiger partial charge on any atom is -0.480 e. The molecule has 1 aliphatic heterocycles. The van der Waals surface area contributed by atoms with Gasteiger partial charge in [0.25, 0.3) is 0 Å². The van der Waals surface area contributed by atoms with Crippen LogP contribution >= 0.6 is 11.3 Å². The topological polar surface area (TPSA) is 53.4 Å². The molecule has 4 nitrogen and oxygen atoms in total. The fraction of sp³-hybridized carbons (Fsp3) is 0.375. The minimum absolute atomic E-state index is 0.00954. The van der Waals surface area contributed by atoms with Gasteiger partial charge >= 0.3 is 5.97 Å². The van der Waals surface area contributed by atoms with Crippen molar-refractivity contribution in [2.75, 3.05) is 6.54 Å². The van der Waals surface area contributed by atoms with E-state index in [4.69, 9.17) is 0 Å². The molecule has 1 N–H and O–H groups in total. The molecule has 0 amide bonds. The Morgan fingerprint density at radius 3 is 2.86 bits per heavy atom. The summed E-state index contributed by atoms with van der Waals surface area (Å²) in [6, 6.07) is 5.74. The first kappa shape index (κ1) is 14.2. The summed E-state index contributed by atoms with van der Waals surface area (Å²) >= 11 is 1.70. The summed E-state index contributed by atoms with van der Waals surface area (Å²) in [6.07, 6.45) is 5.20. The van der Waals surface area contributed by atoms with Gasteiger partial charge in [0.1, 0.15) is 6.04 Å². The average molecular weight is 302 g/mol. The highest BCUT2D eigenvalue weighted by Gasteiger charge is 2.37. The highest BCUT2D eigenvalue weighted by molar-refractivity contribution is 7.10. The van der Waals surface area contributed by atoms with E-state index in [0.29, 0.717) is 0 Å². The number of thiophene rings is 1. The molecule has 1 aliphatic rings. The number of carbonyl (C=O) groups is 1. The molecule has 0 saturated carbocycles. The van der Waals surface area contributed by atoms with Crippen LogP contribution in [0.2, 0.25) is 0 Å². The van der Waals surface area contributed by atoms with Crippen molar-refractivity contribution in [2.45, 2.75) is 31.8 Å². The van der Waals surface area contributed by atoms with E-state index in [1.165, 1.54) is 10.4 Å². The van der Waals surface area contributed by atoms with Gasteiger partial charge in [-0.1, -0.05) is 0 Å². The number of likely N-dealkylation sites (tertiary alicyclic amines) is 1. The SMILES string of the molecule is Cc1csc(C(c2ccncc2)N2CCCC2C(=O)O)c1. The number of carboxylic acid groups (broad SMARTS) is 1. The second-order valence-electron chi connectivity index (χ2n) is 5.44. The highest BCUT2D eigenvalue weighted by Crippen LogP contribution is 2.37. The first-order valence-electron chi connectivity index (χ1n) is 7.10. The molecule has 0 aliphatic carbocycles. The van der Waals surface area contributed by atoms with Gasteiger partial charge in [-0.25, -0.2) is 0 Å². The lowest BCUT2D eigenvalue weighted by molar-refractivity contribution is -0.142. The van der Waals surface area contributed by atoms with Gasteiger partial charge in [-0.3, -0.25) is 14.7 Å². The van der Waals surface area contributed by atoms with E-state index < -0.39 is 12.0 Å². The fourth-order valence-electron chi connectivity index (χ4n) is 3.02. The summed E-state index contributed by atoms with van der Waals surface area (Å²) in [5.41, 5.74) is 2.33. The first-order valence-corrected chi connectivity index (χ1v) is 7.98. The number of hydrogen-bond acceptors (Lipinski definition) is 4. The highest BCUT2D eigenvalue weighted by atomic mass is 32.1. The molecule has 5 heteroatoms. The largest absolute Gasteiger partial charge is 0.480 e. The standard InChI is InChI=1S/C16H18N2O2S/c1-11-9-14(21-10-11)15(12-4-6-17-7-5-12)18-8-2-3-13(18)16(19)20/h4-7,9-10,13,15H,2-3,8H2,1H3,(H,19,20). The second kappa shape index (κ2) is 5.95. The summed E-state index contributed by atoms with van der Waals surface area (Å²) < 4.78 is 0. The summed E-state index contributed by atoms with van der Waals surface area (Å²) in [7, 11) is 0. The van der Waals surface area contributed by atoms with Gasteiger partial charge in [0.15, 0.2) is 0 Å². The van der Waals surface area contributed by atoms with Crippen LogP contribution in [0, 0.1) is 6.92 Å². The van der Waals surface area contributed by atoms with Crippen LogP contribution in [0.3, 0.4) is 0 Å². The first-order chi connectivity index (χ1) is 10.2. The molecule has 0 aromatic carbocycles. The normalized spacial score (nSPS) is 20.5. The summed E-state index contributed by atoms with van der Waals surface area (Å²) in [5.74, 6) is -0.722. The molecule has 1 fully saturated rings. The fourth-order valence-corrected chi connectivity index (χ4v) is 4.07. The van der Waals surface area contributed by atoms with Crippen molar-refractivity contribution < 1.29 is 9.90 Å². The van der Waals surface area contributed by atoms with Gasteiger partial charge in [0.2, 0.25) is 0 Å². The average Bonchev–Trinajstić information content (AvgIpc) is 3.10. The van der Waals surface area contributed by atoms with Crippen LogP contribution in [0.1, 0.15) is 34.9 Å². The number of rotatable bonds is 4. The Kier molecular flexibility index (Phi) is 4.03. The maximum atomic E-state index is 11.5. The molecule has 3 heterocycles. The Morgan fingerprint density at radius 1 is 1.48 bits per heavy atom. The second-order valence-corrected chi connectivity index (χ2v) is 6.39. The molecule has 3 rings (SSSR count). The quantitative estimate of drug-likeness (QED) is 0.943. The molecule has 0 bridgehead atoms. The molecule has 0 radical (unpaired) electrons. The lowest BCUT2D eigenvalue weighted by Crippen LogP contribution is -2.39. The van der Waals surface area contributed by atoms with Crippen LogP contribution in [0.25, 0.3) is 0 Å².